The van der Waals surface area contributed by atoms with Gasteiger partial charge in [-0.25, -0.2) is 0 Å². The van der Waals surface area contributed by atoms with E-state index in [1.54, 1.807) is 6.92 Å². The van der Waals surface area contributed by atoms with E-state index in [0.29, 0.717) is 0 Å². The van der Waals surface area contributed by atoms with Crippen molar-refractivity contribution in [2.24, 2.45) is 5.41 Å². The molecule has 1 unspecified atom stereocenters. The van der Waals surface area contributed by atoms with Gasteiger partial charge in [-0.05, 0) is 12.3 Å². The summed E-state index contributed by atoms with van der Waals surface area (Å²) >= 11 is 0. The predicted molar refractivity (Wildman–Crippen MR) is 52.7 cm³/mol. The first-order valence-electron chi connectivity index (χ1n) is 4.85. The molecular formula is C10H19NO3. The van der Waals surface area contributed by atoms with Crippen LogP contribution in [0.3, 0.4) is 0 Å². The Labute approximate surface area is 85.0 Å². The summed E-state index contributed by atoms with van der Waals surface area (Å²) in [4.78, 5) is 11.1. The molecular weight excluding hydrogens is 182 g/mol. The summed E-state index contributed by atoms with van der Waals surface area (Å²) in [5, 5.41) is 3.06. The van der Waals surface area contributed by atoms with Crippen LogP contribution in [0.2, 0.25) is 0 Å². The fourth-order valence-corrected chi connectivity index (χ4v) is 1.39. The highest BCUT2D eigenvalue weighted by Crippen LogP contribution is 2.36. The maximum absolute atomic E-state index is 11.1. The zero-order chi connectivity index (χ0) is 10.9. The first-order chi connectivity index (χ1) is 6.36. The topological polar surface area (TPSA) is 50.9 Å². The Hall–Kier alpha value is -0.610. The molecule has 0 radical (unpaired) electrons. The molecule has 1 heterocycles. The lowest BCUT2D eigenvalue weighted by Crippen LogP contribution is -2.38. The number of epoxide rings is 1. The van der Waals surface area contributed by atoms with Gasteiger partial charge in [0.25, 0.3) is 0 Å². The van der Waals surface area contributed by atoms with Gasteiger partial charge in [0.2, 0.25) is 0 Å². The first kappa shape index (κ1) is 11.5. The minimum atomic E-state index is -0.308. The standard InChI is InChI=1S/C10H19NO3/c1-6(9(12)13-5)11-8-7(14-8)10(2,3)4/h6-8,11H,1-5H3/t6-,7-,8?/m1/s1. The second-order valence-electron chi connectivity index (χ2n) is 4.75. The van der Waals surface area contributed by atoms with Crippen LogP contribution in [0.4, 0.5) is 0 Å². The average Bonchev–Trinajstić information content (AvgIpc) is 2.81. The van der Waals surface area contributed by atoms with Crippen LogP contribution in [0.25, 0.3) is 0 Å². The van der Waals surface area contributed by atoms with Crippen molar-refractivity contribution < 1.29 is 14.3 Å². The molecule has 0 spiro atoms. The van der Waals surface area contributed by atoms with E-state index in [0.717, 1.165) is 0 Å². The molecule has 3 atom stereocenters. The van der Waals surface area contributed by atoms with Crippen molar-refractivity contribution >= 4 is 5.97 Å². The maximum Gasteiger partial charge on any atom is 0.322 e. The van der Waals surface area contributed by atoms with E-state index in [-0.39, 0.29) is 29.8 Å². The van der Waals surface area contributed by atoms with Gasteiger partial charge in [-0.1, -0.05) is 20.8 Å². The fraction of sp³-hybridized carbons (Fsp3) is 0.900. The smallest absolute Gasteiger partial charge is 0.322 e. The Bertz CT molecular complexity index is 222. The van der Waals surface area contributed by atoms with Gasteiger partial charge in [-0.15, -0.1) is 0 Å². The van der Waals surface area contributed by atoms with Crippen LogP contribution in [-0.4, -0.2) is 31.5 Å². The summed E-state index contributed by atoms with van der Waals surface area (Å²) in [5.41, 5.74) is 0.119. The van der Waals surface area contributed by atoms with Gasteiger partial charge < -0.3 is 9.47 Å². The highest BCUT2D eigenvalue weighted by atomic mass is 16.6. The monoisotopic (exact) mass is 201 g/mol. The molecule has 14 heavy (non-hydrogen) atoms. The summed E-state index contributed by atoms with van der Waals surface area (Å²) in [6.45, 7) is 8.11. The van der Waals surface area contributed by atoms with Crippen LogP contribution in [0.5, 0.6) is 0 Å². The van der Waals surface area contributed by atoms with Gasteiger partial charge >= 0.3 is 5.97 Å². The largest absolute Gasteiger partial charge is 0.468 e. The third kappa shape index (κ3) is 2.69. The Balaban J connectivity index is 2.32. The lowest BCUT2D eigenvalue weighted by Gasteiger charge is -2.15. The number of nitrogens with one attached hydrogen (secondary N) is 1. The van der Waals surface area contributed by atoms with Crippen molar-refractivity contribution in [3.63, 3.8) is 0 Å². The number of carbonyl (C=O) groups is 1. The van der Waals surface area contributed by atoms with Gasteiger partial charge in [0.15, 0.2) is 0 Å². The lowest BCUT2D eigenvalue weighted by molar-refractivity contribution is -0.142. The molecule has 0 bridgehead atoms. The van der Waals surface area contributed by atoms with Gasteiger partial charge in [0.1, 0.15) is 18.4 Å². The molecule has 0 saturated carbocycles. The van der Waals surface area contributed by atoms with Crippen LogP contribution >= 0.6 is 0 Å². The highest BCUT2D eigenvalue weighted by Gasteiger charge is 2.48. The van der Waals surface area contributed by atoms with Gasteiger partial charge in [0, 0.05) is 0 Å². The Kier molecular flexibility index (Phi) is 3.17. The van der Waals surface area contributed by atoms with E-state index in [4.69, 9.17) is 4.74 Å². The summed E-state index contributed by atoms with van der Waals surface area (Å²) in [6.07, 6.45) is 0.179. The average molecular weight is 201 g/mol. The molecule has 1 aliphatic heterocycles. The summed E-state index contributed by atoms with van der Waals surface area (Å²) in [5.74, 6) is -0.256. The van der Waals surface area contributed by atoms with E-state index in [9.17, 15) is 4.79 Å². The first-order valence-corrected chi connectivity index (χ1v) is 4.85. The molecule has 0 aliphatic carbocycles. The number of rotatable bonds is 3. The van der Waals surface area contributed by atoms with Crippen molar-refractivity contribution in [1.29, 1.82) is 0 Å². The molecule has 4 nitrogen and oxygen atoms in total. The van der Waals surface area contributed by atoms with Crippen molar-refractivity contribution in [3.05, 3.63) is 0 Å². The van der Waals surface area contributed by atoms with Crippen LogP contribution in [-0.2, 0) is 14.3 Å². The Morgan fingerprint density at radius 1 is 1.50 bits per heavy atom. The van der Waals surface area contributed by atoms with Gasteiger partial charge in [0.05, 0.1) is 7.11 Å². The zero-order valence-electron chi connectivity index (χ0n) is 9.46. The normalized spacial score (nSPS) is 28.4. The fourth-order valence-electron chi connectivity index (χ4n) is 1.39. The molecule has 0 amide bonds. The Morgan fingerprint density at radius 3 is 2.43 bits per heavy atom. The second-order valence-corrected chi connectivity index (χ2v) is 4.75. The van der Waals surface area contributed by atoms with Crippen LogP contribution < -0.4 is 5.32 Å². The van der Waals surface area contributed by atoms with E-state index in [2.05, 4.69) is 30.8 Å². The number of carbonyl (C=O) groups excluding carboxylic acids is 1. The molecule has 1 aliphatic rings. The van der Waals surface area contributed by atoms with Crippen molar-refractivity contribution in [2.45, 2.75) is 46.1 Å². The van der Waals surface area contributed by atoms with Crippen molar-refractivity contribution in [2.75, 3.05) is 7.11 Å². The van der Waals surface area contributed by atoms with Crippen LogP contribution in [0, 0.1) is 5.41 Å². The lowest BCUT2D eigenvalue weighted by atomic mass is 9.92. The molecule has 0 aromatic rings. The minimum Gasteiger partial charge on any atom is -0.468 e. The quantitative estimate of drug-likeness (QED) is 0.544. The number of esters is 1. The molecule has 1 saturated heterocycles. The molecule has 1 N–H and O–H groups in total. The SMILES string of the molecule is COC(=O)[C@@H](C)NC1O[C@H]1C(C)(C)C. The number of methoxy groups -OCH3 is 1. The highest BCUT2D eigenvalue weighted by molar-refractivity contribution is 5.75. The van der Waals surface area contributed by atoms with Crippen LogP contribution in [0.1, 0.15) is 27.7 Å². The maximum atomic E-state index is 11.1. The second kappa shape index (κ2) is 3.87. The molecule has 0 aromatic heterocycles. The number of hydrogen-bond donors (Lipinski definition) is 1. The van der Waals surface area contributed by atoms with Crippen LogP contribution in [0.15, 0.2) is 0 Å². The third-order valence-electron chi connectivity index (χ3n) is 2.31. The van der Waals surface area contributed by atoms with Gasteiger partial charge in [-0.3, -0.25) is 10.1 Å². The van der Waals surface area contributed by atoms with E-state index in [1.165, 1.54) is 7.11 Å². The van der Waals surface area contributed by atoms with E-state index in [1.807, 2.05) is 0 Å². The van der Waals surface area contributed by atoms with Gasteiger partial charge in [-0.2, -0.15) is 0 Å². The van der Waals surface area contributed by atoms with E-state index >= 15 is 0 Å². The van der Waals surface area contributed by atoms with Crippen molar-refractivity contribution in [3.8, 4) is 0 Å². The summed E-state index contributed by atoms with van der Waals surface area (Å²) < 4.78 is 10.0. The number of hydrogen-bond acceptors (Lipinski definition) is 4. The minimum absolute atomic E-state index is 0.0101. The predicted octanol–water partition coefficient (Wildman–Crippen LogP) is 0.908. The molecule has 0 aromatic carbocycles. The molecule has 1 fully saturated rings. The zero-order valence-corrected chi connectivity index (χ0v) is 9.46. The van der Waals surface area contributed by atoms with E-state index < -0.39 is 0 Å². The molecule has 4 heteroatoms. The summed E-state index contributed by atoms with van der Waals surface area (Å²) in [6, 6.07) is -0.308. The third-order valence-corrected chi connectivity index (χ3v) is 2.31. The molecule has 82 valence electrons. The Morgan fingerprint density at radius 2 is 2.07 bits per heavy atom. The summed E-state index contributed by atoms with van der Waals surface area (Å²) in [7, 11) is 1.38. The molecule has 1 rings (SSSR count). The number of ether oxygens (including phenoxy) is 2. The van der Waals surface area contributed by atoms with Crippen molar-refractivity contribution in [1.82, 2.24) is 5.32 Å².